The average molecular weight is 210 g/mol. The molecular formula is C9H10N2O4. The van der Waals surface area contributed by atoms with E-state index in [1.54, 1.807) is 6.92 Å². The van der Waals surface area contributed by atoms with Crippen LogP contribution in [0.25, 0.3) is 0 Å². The second kappa shape index (κ2) is 3.95. The van der Waals surface area contributed by atoms with Crippen LogP contribution in [0.15, 0.2) is 24.4 Å². The van der Waals surface area contributed by atoms with Gasteiger partial charge in [-0.3, -0.25) is 10.1 Å². The van der Waals surface area contributed by atoms with E-state index in [0.717, 1.165) is 11.6 Å². The zero-order valence-corrected chi connectivity index (χ0v) is 8.14. The van der Waals surface area contributed by atoms with Crippen LogP contribution in [0.4, 0.5) is 5.69 Å². The van der Waals surface area contributed by atoms with E-state index in [-0.39, 0.29) is 17.9 Å². The van der Waals surface area contributed by atoms with Crippen molar-refractivity contribution in [2.45, 2.75) is 13.5 Å². The number of aromatic nitrogens is 1. The molecule has 1 aromatic rings. The first-order valence-corrected chi connectivity index (χ1v) is 4.14. The third-order valence-electron chi connectivity index (χ3n) is 1.75. The van der Waals surface area contributed by atoms with E-state index in [1.165, 1.54) is 10.8 Å². The number of hydrogen-bond acceptors (Lipinski definition) is 3. The molecule has 0 unspecified atom stereocenters. The van der Waals surface area contributed by atoms with Gasteiger partial charge in [-0.25, -0.2) is 4.79 Å². The highest BCUT2D eigenvalue weighted by atomic mass is 16.6. The maximum atomic E-state index is 10.8. The number of hydrogen-bond donors (Lipinski definition) is 1. The molecular weight excluding hydrogens is 200 g/mol. The van der Waals surface area contributed by atoms with E-state index in [0.29, 0.717) is 0 Å². The molecule has 0 atom stereocenters. The van der Waals surface area contributed by atoms with Crippen LogP contribution in [0, 0.1) is 10.1 Å². The van der Waals surface area contributed by atoms with Crippen LogP contribution in [0.5, 0.6) is 0 Å². The summed E-state index contributed by atoms with van der Waals surface area (Å²) in [5, 5.41) is 19.3. The Hall–Kier alpha value is -2.11. The zero-order chi connectivity index (χ0) is 11.6. The Balaban J connectivity index is 3.17. The van der Waals surface area contributed by atoms with Crippen molar-refractivity contribution in [3.05, 3.63) is 40.2 Å². The van der Waals surface area contributed by atoms with Crippen molar-refractivity contribution < 1.29 is 14.8 Å². The lowest BCUT2D eigenvalue weighted by atomic mass is 10.3. The first kappa shape index (κ1) is 11.0. The summed E-state index contributed by atoms with van der Waals surface area (Å²) in [6.07, 6.45) is 1.19. The smallest absolute Gasteiger partial charge is 0.352 e. The van der Waals surface area contributed by atoms with Crippen LogP contribution in [0.3, 0.4) is 0 Å². The van der Waals surface area contributed by atoms with Gasteiger partial charge in [0.05, 0.1) is 11.1 Å². The topological polar surface area (TPSA) is 85.4 Å². The van der Waals surface area contributed by atoms with Crippen molar-refractivity contribution in [1.29, 1.82) is 0 Å². The lowest BCUT2D eigenvalue weighted by Gasteiger charge is -2.03. The summed E-state index contributed by atoms with van der Waals surface area (Å²) in [7, 11) is 0. The molecule has 0 spiro atoms. The molecule has 0 bridgehead atoms. The minimum absolute atomic E-state index is 0.107. The normalized spacial score (nSPS) is 9.93. The quantitative estimate of drug-likeness (QED) is 0.465. The standard InChI is InChI=1S/C9H10N2O4/c1-6(2)4-10-5-7(11(14)15)3-8(10)9(12)13/h3,5H,1,4H2,2H3,(H,12,13). The number of carboxylic acid groups (broad SMARTS) is 1. The van der Waals surface area contributed by atoms with Gasteiger partial charge in [0, 0.05) is 12.6 Å². The van der Waals surface area contributed by atoms with Gasteiger partial charge in [-0.2, -0.15) is 0 Å². The molecule has 6 heteroatoms. The lowest BCUT2D eigenvalue weighted by molar-refractivity contribution is -0.384. The van der Waals surface area contributed by atoms with Gasteiger partial charge in [0.15, 0.2) is 0 Å². The van der Waals surface area contributed by atoms with Crippen LogP contribution < -0.4 is 0 Å². The molecule has 1 rings (SSSR count). The van der Waals surface area contributed by atoms with Gasteiger partial charge in [-0.1, -0.05) is 12.2 Å². The molecule has 0 aliphatic heterocycles. The predicted octanol–water partition coefficient (Wildman–Crippen LogP) is 1.67. The summed E-state index contributed by atoms with van der Waals surface area (Å²) in [5.74, 6) is -1.19. The molecule has 1 N–H and O–H groups in total. The zero-order valence-electron chi connectivity index (χ0n) is 8.14. The first-order valence-electron chi connectivity index (χ1n) is 4.14. The van der Waals surface area contributed by atoms with Crippen molar-refractivity contribution in [1.82, 2.24) is 4.57 Å². The summed E-state index contributed by atoms with van der Waals surface area (Å²) >= 11 is 0. The van der Waals surface area contributed by atoms with Gasteiger partial charge in [-0.15, -0.1) is 0 Å². The van der Waals surface area contributed by atoms with Gasteiger partial charge in [0.1, 0.15) is 5.69 Å². The molecule has 0 aliphatic carbocycles. The number of rotatable bonds is 4. The highest BCUT2D eigenvalue weighted by Crippen LogP contribution is 2.17. The van der Waals surface area contributed by atoms with Crippen molar-refractivity contribution in [3.63, 3.8) is 0 Å². The van der Waals surface area contributed by atoms with E-state index in [2.05, 4.69) is 6.58 Å². The van der Waals surface area contributed by atoms with Gasteiger partial charge in [0.2, 0.25) is 0 Å². The number of aromatic carboxylic acids is 1. The summed E-state index contributed by atoms with van der Waals surface area (Å²) in [6, 6.07) is 1.03. The third-order valence-corrected chi connectivity index (χ3v) is 1.75. The van der Waals surface area contributed by atoms with Crippen LogP contribution in [0.2, 0.25) is 0 Å². The molecule has 1 aromatic heterocycles. The fourth-order valence-electron chi connectivity index (χ4n) is 1.20. The highest BCUT2D eigenvalue weighted by Gasteiger charge is 2.18. The molecule has 1 heterocycles. The maximum Gasteiger partial charge on any atom is 0.352 e. The van der Waals surface area contributed by atoms with Crippen LogP contribution in [-0.4, -0.2) is 20.6 Å². The van der Waals surface area contributed by atoms with Gasteiger partial charge >= 0.3 is 5.97 Å². The number of carboxylic acids is 1. The van der Waals surface area contributed by atoms with E-state index in [9.17, 15) is 14.9 Å². The molecule has 0 saturated carbocycles. The summed E-state index contributed by atoms with van der Waals surface area (Å²) in [5.41, 5.74) is 0.390. The Morgan fingerprint density at radius 2 is 2.33 bits per heavy atom. The average Bonchev–Trinajstić information content (AvgIpc) is 2.46. The number of nitrogens with zero attached hydrogens (tertiary/aromatic N) is 2. The molecule has 0 aromatic carbocycles. The first-order chi connectivity index (χ1) is 6.91. The summed E-state index contributed by atoms with van der Waals surface area (Å²) < 4.78 is 1.29. The highest BCUT2D eigenvalue weighted by molar-refractivity contribution is 5.86. The number of allylic oxidation sites excluding steroid dienone is 1. The van der Waals surface area contributed by atoms with E-state index in [4.69, 9.17) is 5.11 Å². The Bertz CT molecular complexity index is 433. The van der Waals surface area contributed by atoms with Crippen molar-refractivity contribution in [2.24, 2.45) is 0 Å². The van der Waals surface area contributed by atoms with Crippen LogP contribution >= 0.6 is 0 Å². The minimum atomic E-state index is -1.19. The molecule has 0 aliphatic rings. The molecule has 0 radical (unpaired) electrons. The Labute approximate surface area is 85.6 Å². The Morgan fingerprint density at radius 3 is 2.73 bits per heavy atom. The lowest BCUT2D eigenvalue weighted by Crippen LogP contribution is -2.07. The van der Waals surface area contributed by atoms with E-state index >= 15 is 0 Å². The second-order valence-electron chi connectivity index (χ2n) is 3.23. The molecule has 0 fully saturated rings. The molecule has 6 nitrogen and oxygen atoms in total. The van der Waals surface area contributed by atoms with Gasteiger partial charge in [0.25, 0.3) is 5.69 Å². The van der Waals surface area contributed by atoms with Crippen LogP contribution in [0.1, 0.15) is 17.4 Å². The summed E-state index contributed by atoms with van der Waals surface area (Å²) in [6.45, 7) is 5.60. The monoisotopic (exact) mass is 210 g/mol. The molecule has 0 amide bonds. The fourth-order valence-corrected chi connectivity index (χ4v) is 1.20. The summed E-state index contributed by atoms with van der Waals surface area (Å²) in [4.78, 5) is 20.6. The maximum absolute atomic E-state index is 10.8. The minimum Gasteiger partial charge on any atom is -0.477 e. The fraction of sp³-hybridized carbons (Fsp3) is 0.222. The number of carbonyl (C=O) groups is 1. The number of nitro groups is 1. The second-order valence-corrected chi connectivity index (χ2v) is 3.23. The molecule has 0 saturated heterocycles. The van der Waals surface area contributed by atoms with Crippen molar-refractivity contribution in [2.75, 3.05) is 0 Å². The molecule has 80 valence electrons. The van der Waals surface area contributed by atoms with E-state index < -0.39 is 10.9 Å². The van der Waals surface area contributed by atoms with Crippen molar-refractivity contribution >= 4 is 11.7 Å². The van der Waals surface area contributed by atoms with E-state index in [1.807, 2.05) is 0 Å². The van der Waals surface area contributed by atoms with Gasteiger partial charge in [-0.05, 0) is 6.92 Å². The van der Waals surface area contributed by atoms with Gasteiger partial charge < -0.3 is 9.67 Å². The SMILES string of the molecule is C=C(C)Cn1cc([N+](=O)[O-])cc1C(=O)O. The van der Waals surface area contributed by atoms with Crippen LogP contribution in [-0.2, 0) is 6.54 Å². The van der Waals surface area contributed by atoms with Crippen molar-refractivity contribution in [3.8, 4) is 0 Å². The third kappa shape index (κ3) is 2.43. The predicted molar refractivity (Wildman–Crippen MR) is 52.9 cm³/mol. The Morgan fingerprint density at radius 1 is 1.73 bits per heavy atom. The Kier molecular flexibility index (Phi) is 2.89. The largest absolute Gasteiger partial charge is 0.477 e. The molecule has 15 heavy (non-hydrogen) atoms.